The van der Waals surface area contributed by atoms with E-state index in [0.29, 0.717) is 35.4 Å². The molecule has 4 aromatic carbocycles. The summed E-state index contributed by atoms with van der Waals surface area (Å²) in [6.07, 6.45) is 1.53. The Bertz CT molecular complexity index is 1450. The predicted molar refractivity (Wildman–Crippen MR) is 151 cm³/mol. The van der Waals surface area contributed by atoms with Crippen molar-refractivity contribution in [2.75, 3.05) is 11.9 Å². The van der Waals surface area contributed by atoms with Crippen LogP contribution < -0.4 is 20.2 Å². The van der Waals surface area contributed by atoms with E-state index in [2.05, 4.69) is 34.0 Å². The molecule has 2 N–H and O–H groups in total. The summed E-state index contributed by atoms with van der Waals surface area (Å²) in [4.78, 5) is 24.2. The summed E-state index contributed by atoms with van der Waals surface area (Å²) < 4.78 is 11.9. The van der Waals surface area contributed by atoms with Crippen LogP contribution in [0.3, 0.4) is 0 Å². The van der Waals surface area contributed by atoms with Gasteiger partial charge in [-0.3, -0.25) is 9.59 Å². The smallest absolute Gasteiger partial charge is 0.240 e. The lowest BCUT2D eigenvalue weighted by Gasteiger charge is -2.13. The minimum absolute atomic E-state index is 0.00508. The molecule has 194 valence electrons. The van der Waals surface area contributed by atoms with E-state index in [1.807, 2.05) is 43.3 Å². The Kier molecular flexibility index (Phi) is 9.32. The maximum Gasteiger partial charge on any atom is 0.240 e. The molecule has 0 fully saturated rings. The van der Waals surface area contributed by atoms with E-state index in [-0.39, 0.29) is 24.7 Å². The number of rotatable bonds is 11. The van der Waals surface area contributed by atoms with Gasteiger partial charge in [-0.25, -0.2) is 5.43 Å². The van der Waals surface area contributed by atoms with Gasteiger partial charge < -0.3 is 14.8 Å². The first-order valence-corrected chi connectivity index (χ1v) is 12.6. The summed E-state index contributed by atoms with van der Waals surface area (Å²) in [5.41, 5.74) is 4.84. The van der Waals surface area contributed by atoms with Crippen molar-refractivity contribution in [1.29, 1.82) is 0 Å². The SMILES string of the molecule is CCOc1cc(C=NNC(=O)CCC(=O)Nc2cccc(Cl)c2)ccc1OCc1cccc2ccccc12. The van der Waals surface area contributed by atoms with Crippen molar-refractivity contribution in [3.63, 3.8) is 0 Å². The number of fused-ring (bicyclic) bond motifs is 1. The van der Waals surface area contributed by atoms with Crippen LogP contribution in [0.2, 0.25) is 5.02 Å². The lowest BCUT2D eigenvalue weighted by molar-refractivity contribution is -0.124. The topological polar surface area (TPSA) is 89.0 Å². The van der Waals surface area contributed by atoms with Crippen molar-refractivity contribution < 1.29 is 19.1 Å². The quantitative estimate of drug-likeness (QED) is 0.175. The van der Waals surface area contributed by atoms with Gasteiger partial charge in [0.15, 0.2) is 11.5 Å². The molecule has 0 bridgehead atoms. The number of hydrogen-bond donors (Lipinski definition) is 2. The third kappa shape index (κ3) is 7.57. The third-order valence-electron chi connectivity index (χ3n) is 5.62. The summed E-state index contributed by atoms with van der Waals surface area (Å²) in [5.74, 6) is 0.543. The number of amides is 2. The van der Waals surface area contributed by atoms with E-state index in [4.69, 9.17) is 21.1 Å². The van der Waals surface area contributed by atoms with Crippen LogP contribution in [0.15, 0.2) is 90.0 Å². The largest absolute Gasteiger partial charge is 0.490 e. The fourth-order valence-electron chi connectivity index (χ4n) is 3.82. The molecule has 0 atom stereocenters. The van der Waals surface area contributed by atoms with Crippen LogP contribution in [0.5, 0.6) is 11.5 Å². The molecule has 8 heteroatoms. The van der Waals surface area contributed by atoms with E-state index in [0.717, 1.165) is 21.9 Å². The summed E-state index contributed by atoms with van der Waals surface area (Å²) in [7, 11) is 0. The van der Waals surface area contributed by atoms with Crippen molar-refractivity contribution in [3.8, 4) is 11.5 Å². The van der Waals surface area contributed by atoms with Crippen LogP contribution >= 0.6 is 11.6 Å². The number of anilines is 1. The van der Waals surface area contributed by atoms with Gasteiger partial charge in [0.2, 0.25) is 11.8 Å². The number of hydrogen-bond acceptors (Lipinski definition) is 5. The van der Waals surface area contributed by atoms with Gasteiger partial charge >= 0.3 is 0 Å². The van der Waals surface area contributed by atoms with Crippen LogP contribution in [0.25, 0.3) is 10.8 Å². The Morgan fingerprint density at radius 1 is 0.868 bits per heavy atom. The van der Waals surface area contributed by atoms with Crippen LogP contribution in [0, 0.1) is 0 Å². The zero-order valence-electron chi connectivity index (χ0n) is 20.9. The average Bonchev–Trinajstić information content (AvgIpc) is 2.92. The fraction of sp³-hybridized carbons (Fsp3) is 0.167. The minimum Gasteiger partial charge on any atom is -0.490 e. The molecule has 0 heterocycles. The van der Waals surface area contributed by atoms with E-state index in [9.17, 15) is 9.59 Å². The normalized spacial score (nSPS) is 10.9. The van der Waals surface area contributed by atoms with Gasteiger partial charge in [-0.1, -0.05) is 60.1 Å². The molecule has 0 radical (unpaired) electrons. The van der Waals surface area contributed by atoms with Crippen molar-refractivity contribution in [1.82, 2.24) is 5.43 Å². The predicted octanol–water partition coefficient (Wildman–Crippen LogP) is 6.34. The van der Waals surface area contributed by atoms with Gasteiger partial charge in [0.1, 0.15) is 6.61 Å². The zero-order chi connectivity index (χ0) is 26.7. The monoisotopic (exact) mass is 529 g/mol. The summed E-state index contributed by atoms with van der Waals surface area (Å²) in [5, 5.41) is 9.54. The molecule has 38 heavy (non-hydrogen) atoms. The molecule has 7 nitrogen and oxygen atoms in total. The Balaban J connectivity index is 1.30. The molecule has 0 aliphatic heterocycles. The zero-order valence-corrected chi connectivity index (χ0v) is 21.7. The number of nitrogens with one attached hydrogen (secondary N) is 2. The van der Waals surface area contributed by atoms with Crippen LogP contribution in [0.1, 0.15) is 30.9 Å². The molecule has 0 saturated carbocycles. The van der Waals surface area contributed by atoms with Crippen molar-refractivity contribution in [2.24, 2.45) is 5.10 Å². The third-order valence-corrected chi connectivity index (χ3v) is 5.86. The van der Waals surface area contributed by atoms with Gasteiger partial charge in [-0.15, -0.1) is 0 Å². The Morgan fingerprint density at radius 3 is 2.50 bits per heavy atom. The molecule has 0 aliphatic carbocycles. The number of ether oxygens (including phenoxy) is 2. The maximum absolute atomic E-state index is 12.1. The standard InChI is InChI=1S/C30H28ClN3O4/c1-2-37-28-17-21(13-14-27(28)38-20-23-9-5-8-22-7-3-4-12-26(22)23)19-32-34-30(36)16-15-29(35)33-25-11-6-10-24(31)18-25/h3-14,17-19H,2,15-16,20H2,1H3,(H,33,35)(H,34,36). The first-order valence-electron chi connectivity index (χ1n) is 12.3. The average molecular weight is 530 g/mol. The van der Waals surface area contributed by atoms with Gasteiger partial charge in [0.25, 0.3) is 0 Å². The molecule has 0 unspecified atom stereocenters. The molecule has 0 aromatic heterocycles. The van der Waals surface area contributed by atoms with E-state index < -0.39 is 0 Å². The second-order valence-electron chi connectivity index (χ2n) is 8.42. The Labute approximate surface area is 226 Å². The molecule has 0 aliphatic rings. The highest BCUT2D eigenvalue weighted by atomic mass is 35.5. The van der Waals surface area contributed by atoms with Gasteiger partial charge in [0.05, 0.1) is 12.8 Å². The first kappa shape index (κ1) is 26.7. The van der Waals surface area contributed by atoms with Gasteiger partial charge in [-0.2, -0.15) is 5.10 Å². The minimum atomic E-state index is -0.373. The highest BCUT2D eigenvalue weighted by Gasteiger charge is 2.09. The highest BCUT2D eigenvalue weighted by Crippen LogP contribution is 2.30. The molecule has 4 rings (SSSR count). The van der Waals surface area contributed by atoms with Crippen LogP contribution in [0.4, 0.5) is 5.69 Å². The molecule has 0 spiro atoms. The highest BCUT2D eigenvalue weighted by molar-refractivity contribution is 6.30. The number of carbonyl (C=O) groups excluding carboxylic acids is 2. The Morgan fingerprint density at radius 2 is 1.66 bits per heavy atom. The van der Waals surface area contributed by atoms with E-state index >= 15 is 0 Å². The lowest BCUT2D eigenvalue weighted by atomic mass is 10.1. The molecule has 2 amide bonds. The summed E-state index contributed by atoms with van der Waals surface area (Å²) in [6.45, 7) is 2.77. The molecular formula is C30H28ClN3O4. The van der Waals surface area contributed by atoms with Gasteiger partial charge in [0, 0.05) is 23.6 Å². The van der Waals surface area contributed by atoms with Crippen LogP contribution in [-0.2, 0) is 16.2 Å². The first-order chi connectivity index (χ1) is 18.5. The van der Waals surface area contributed by atoms with Crippen molar-refractivity contribution in [2.45, 2.75) is 26.4 Å². The molecular weight excluding hydrogens is 502 g/mol. The van der Waals surface area contributed by atoms with Gasteiger partial charge in [-0.05, 0) is 65.2 Å². The van der Waals surface area contributed by atoms with Crippen LogP contribution in [-0.4, -0.2) is 24.6 Å². The number of nitrogens with zero attached hydrogens (tertiary/aromatic N) is 1. The second kappa shape index (κ2) is 13.3. The van der Waals surface area contributed by atoms with E-state index in [1.165, 1.54) is 6.21 Å². The van der Waals surface area contributed by atoms with Crippen molar-refractivity contribution >= 4 is 46.1 Å². The Hall–Kier alpha value is -4.36. The number of benzene rings is 4. The molecule has 0 saturated heterocycles. The number of halogens is 1. The second-order valence-corrected chi connectivity index (χ2v) is 8.85. The summed E-state index contributed by atoms with van der Waals surface area (Å²) in [6, 6.07) is 26.6. The maximum atomic E-state index is 12.1. The van der Waals surface area contributed by atoms with Crippen molar-refractivity contribution in [3.05, 3.63) is 101 Å². The van der Waals surface area contributed by atoms with E-state index in [1.54, 1.807) is 30.3 Å². The number of hydrazone groups is 1. The lowest BCUT2D eigenvalue weighted by Crippen LogP contribution is -2.20. The molecule has 4 aromatic rings. The number of carbonyl (C=O) groups is 2. The fourth-order valence-corrected chi connectivity index (χ4v) is 4.01. The summed E-state index contributed by atoms with van der Waals surface area (Å²) >= 11 is 5.91.